The Morgan fingerprint density at radius 3 is 3.31 bits per heavy atom. The van der Waals surface area contributed by atoms with E-state index in [1.165, 1.54) is 48.7 Å². The Balaban J connectivity index is 1.77. The predicted molar refractivity (Wildman–Crippen MR) is 69.0 cm³/mol. The van der Waals surface area contributed by atoms with Crippen LogP contribution in [0.4, 0.5) is 0 Å². The van der Waals surface area contributed by atoms with Crippen molar-refractivity contribution in [2.75, 3.05) is 26.7 Å². The molecule has 1 aliphatic rings. The molecule has 0 bridgehead atoms. The highest BCUT2D eigenvalue weighted by Gasteiger charge is 2.16. The highest BCUT2D eigenvalue weighted by atomic mass is 32.1. The molecule has 1 aromatic heterocycles. The van der Waals surface area contributed by atoms with Gasteiger partial charge in [-0.05, 0) is 51.9 Å². The molecule has 1 unspecified atom stereocenters. The molecule has 0 radical (unpaired) electrons. The first-order chi connectivity index (χ1) is 7.88. The molecular formula is C12H21N3S. The Hall–Kier alpha value is -0.450. The van der Waals surface area contributed by atoms with Crippen LogP contribution in [0.2, 0.25) is 0 Å². The fraction of sp³-hybridized carbons (Fsp3) is 0.750. The molecule has 1 atom stereocenters. The Morgan fingerprint density at radius 1 is 1.62 bits per heavy atom. The van der Waals surface area contributed by atoms with E-state index in [2.05, 4.69) is 21.8 Å². The largest absolute Gasteiger partial charge is 0.320 e. The van der Waals surface area contributed by atoms with Gasteiger partial charge < -0.3 is 10.6 Å². The zero-order chi connectivity index (χ0) is 11.2. The molecular weight excluding hydrogens is 218 g/mol. The number of nitrogens with one attached hydrogen (secondary N) is 2. The van der Waals surface area contributed by atoms with Crippen LogP contribution in [0.1, 0.15) is 22.7 Å². The van der Waals surface area contributed by atoms with Crippen molar-refractivity contribution in [1.82, 2.24) is 15.6 Å². The van der Waals surface area contributed by atoms with Crippen LogP contribution in [0, 0.1) is 5.92 Å². The lowest BCUT2D eigenvalue weighted by Gasteiger charge is -2.03. The molecule has 0 saturated carbocycles. The first kappa shape index (κ1) is 12.0. The third-order valence-electron chi connectivity index (χ3n) is 3.08. The lowest BCUT2D eigenvalue weighted by molar-refractivity contribution is 0.578. The Kier molecular flexibility index (Phi) is 4.75. The summed E-state index contributed by atoms with van der Waals surface area (Å²) in [5, 5.41) is 7.92. The van der Waals surface area contributed by atoms with Gasteiger partial charge in [0, 0.05) is 17.5 Å². The molecule has 2 rings (SSSR count). The van der Waals surface area contributed by atoms with E-state index in [-0.39, 0.29) is 0 Å². The monoisotopic (exact) mass is 239 g/mol. The molecule has 0 spiro atoms. The maximum Gasteiger partial charge on any atom is 0.0930 e. The van der Waals surface area contributed by atoms with Crippen LogP contribution in [0.3, 0.4) is 0 Å². The van der Waals surface area contributed by atoms with Gasteiger partial charge >= 0.3 is 0 Å². The van der Waals surface area contributed by atoms with E-state index in [0.29, 0.717) is 0 Å². The van der Waals surface area contributed by atoms with Crippen molar-refractivity contribution in [1.29, 1.82) is 0 Å². The maximum absolute atomic E-state index is 4.53. The van der Waals surface area contributed by atoms with E-state index in [1.807, 2.05) is 18.4 Å². The number of hydrogen-bond donors (Lipinski definition) is 2. The second-order valence-corrected chi connectivity index (χ2v) is 5.69. The predicted octanol–water partition coefficient (Wildman–Crippen LogP) is 1.45. The molecule has 0 aliphatic carbocycles. The average Bonchev–Trinajstić information content (AvgIpc) is 2.91. The van der Waals surface area contributed by atoms with Crippen molar-refractivity contribution in [3.05, 3.63) is 16.1 Å². The minimum atomic E-state index is 0.816. The summed E-state index contributed by atoms with van der Waals surface area (Å²) in [6, 6.07) is 0. The van der Waals surface area contributed by atoms with E-state index >= 15 is 0 Å². The van der Waals surface area contributed by atoms with Crippen molar-refractivity contribution >= 4 is 11.3 Å². The summed E-state index contributed by atoms with van der Waals surface area (Å²) >= 11 is 1.90. The average molecular weight is 239 g/mol. The number of hydrogen-bond acceptors (Lipinski definition) is 4. The quantitative estimate of drug-likeness (QED) is 0.738. The van der Waals surface area contributed by atoms with Crippen LogP contribution in [-0.4, -0.2) is 31.7 Å². The molecule has 2 heterocycles. The van der Waals surface area contributed by atoms with Gasteiger partial charge in [0.05, 0.1) is 5.01 Å². The van der Waals surface area contributed by atoms with Gasteiger partial charge in [-0.2, -0.15) is 0 Å². The first-order valence-corrected chi connectivity index (χ1v) is 6.99. The summed E-state index contributed by atoms with van der Waals surface area (Å²) in [5.41, 5.74) is 0. The van der Waals surface area contributed by atoms with Crippen molar-refractivity contribution in [2.45, 2.75) is 25.7 Å². The van der Waals surface area contributed by atoms with Gasteiger partial charge in [-0.3, -0.25) is 0 Å². The number of aryl methyl sites for hydroxylation is 1. The molecule has 3 nitrogen and oxygen atoms in total. The van der Waals surface area contributed by atoms with Gasteiger partial charge in [-0.1, -0.05) is 0 Å². The van der Waals surface area contributed by atoms with Crippen LogP contribution in [-0.2, 0) is 12.8 Å². The smallest absolute Gasteiger partial charge is 0.0930 e. The van der Waals surface area contributed by atoms with Crippen molar-refractivity contribution in [2.24, 2.45) is 5.92 Å². The molecule has 0 aromatic carbocycles. The van der Waals surface area contributed by atoms with Crippen LogP contribution >= 0.6 is 11.3 Å². The molecule has 1 fully saturated rings. The third-order valence-corrected chi connectivity index (χ3v) is 4.16. The van der Waals surface area contributed by atoms with Crippen LogP contribution < -0.4 is 10.6 Å². The zero-order valence-electron chi connectivity index (χ0n) is 9.96. The third kappa shape index (κ3) is 3.54. The van der Waals surface area contributed by atoms with Crippen LogP contribution in [0.15, 0.2) is 6.20 Å². The molecule has 0 amide bonds. The van der Waals surface area contributed by atoms with Crippen molar-refractivity contribution in [3.8, 4) is 0 Å². The van der Waals surface area contributed by atoms with Gasteiger partial charge in [0.2, 0.25) is 0 Å². The van der Waals surface area contributed by atoms with Gasteiger partial charge in [0.1, 0.15) is 0 Å². The summed E-state index contributed by atoms with van der Waals surface area (Å²) in [6.07, 6.45) is 6.93. The summed E-state index contributed by atoms with van der Waals surface area (Å²) in [4.78, 5) is 5.97. The fourth-order valence-corrected chi connectivity index (χ4v) is 3.21. The molecule has 16 heavy (non-hydrogen) atoms. The SMILES string of the molecule is CNCCCc1cnc(CC2CCNC2)s1. The van der Waals surface area contributed by atoms with E-state index in [4.69, 9.17) is 0 Å². The van der Waals surface area contributed by atoms with E-state index < -0.39 is 0 Å². The highest BCUT2D eigenvalue weighted by molar-refractivity contribution is 7.11. The lowest BCUT2D eigenvalue weighted by atomic mass is 10.1. The minimum absolute atomic E-state index is 0.816. The maximum atomic E-state index is 4.53. The molecule has 1 aromatic rings. The standard InChI is InChI=1S/C12H21N3S/c1-13-5-2-3-11-9-15-12(16-11)7-10-4-6-14-8-10/h9-10,13-14H,2-8H2,1H3. The van der Waals surface area contributed by atoms with Crippen LogP contribution in [0.25, 0.3) is 0 Å². The lowest BCUT2D eigenvalue weighted by Crippen LogP contribution is -2.10. The molecule has 90 valence electrons. The van der Waals surface area contributed by atoms with E-state index in [1.54, 1.807) is 0 Å². The van der Waals surface area contributed by atoms with Gasteiger partial charge in [0.15, 0.2) is 0 Å². The van der Waals surface area contributed by atoms with Gasteiger partial charge in [0.25, 0.3) is 0 Å². The molecule has 2 N–H and O–H groups in total. The normalized spacial score (nSPS) is 20.4. The Morgan fingerprint density at radius 2 is 2.56 bits per heavy atom. The van der Waals surface area contributed by atoms with Crippen LogP contribution in [0.5, 0.6) is 0 Å². The topological polar surface area (TPSA) is 37.0 Å². The summed E-state index contributed by atoms with van der Waals surface area (Å²) in [7, 11) is 2.01. The number of thiazole rings is 1. The highest BCUT2D eigenvalue weighted by Crippen LogP contribution is 2.20. The zero-order valence-corrected chi connectivity index (χ0v) is 10.8. The second-order valence-electron chi connectivity index (χ2n) is 4.49. The minimum Gasteiger partial charge on any atom is -0.320 e. The molecule has 1 saturated heterocycles. The number of aromatic nitrogens is 1. The molecule has 4 heteroatoms. The summed E-state index contributed by atoms with van der Waals surface area (Å²) in [6.45, 7) is 3.46. The van der Waals surface area contributed by atoms with Crippen molar-refractivity contribution in [3.63, 3.8) is 0 Å². The number of nitrogens with zero attached hydrogens (tertiary/aromatic N) is 1. The van der Waals surface area contributed by atoms with E-state index in [0.717, 1.165) is 12.5 Å². The fourth-order valence-electron chi connectivity index (χ4n) is 2.13. The summed E-state index contributed by atoms with van der Waals surface area (Å²) < 4.78 is 0. The Bertz CT molecular complexity index is 305. The molecule has 1 aliphatic heterocycles. The first-order valence-electron chi connectivity index (χ1n) is 6.17. The van der Waals surface area contributed by atoms with E-state index in [9.17, 15) is 0 Å². The van der Waals surface area contributed by atoms with Gasteiger partial charge in [-0.15, -0.1) is 11.3 Å². The second kappa shape index (κ2) is 6.33. The number of rotatable bonds is 6. The van der Waals surface area contributed by atoms with Crippen molar-refractivity contribution < 1.29 is 0 Å². The van der Waals surface area contributed by atoms with Gasteiger partial charge in [-0.25, -0.2) is 4.98 Å². The Labute approximate surface area is 102 Å². The summed E-state index contributed by atoms with van der Waals surface area (Å²) in [5.74, 6) is 0.816.